The number of rotatable bonds is 3. The van der Waals surface area contributed by atoms with Gasteiger partial charge in [0.05, 0.1) is 33.1 Å². The number of fused-ring (bicyclic) bond motifs is 1. The first-order valence-electron chi connectivity index (χ1n) is 8.16. The summed E-state index contributed by atoms with van der Waals surface area (Å²) in [6.07, 6.45) is 1.54. The largest absolute Gasteiger partial charge is 0.321 e. The Morgan fingerprint density at radius 2 is 1.89 bits per heavy atom. The maximum absolute atomic E-state index is 12.7. The quantitative estimate of drug-likeness (QED) is 0.631. The number of carbonyl (C=O) groups excluding carboxylic acids is 3. The lowest BCUT2D eigenvalue weighted by molar-refractivity contribution is 0.0924. The van der Waals surface area contributed by atoms with Crippen molar-refractivity contribution in [3.8, 4) is 0 Å². The minimum absolute atomic E-state index is 0.129. The van der Waals surface area contributed by atoms with Crippen molar-refractivity contribution in [2.24, 2.45) is 0 Å². The molecule has 2 heterocycles. The second-order valence-electron chi connectivity index (χ2n) is 6.16. The van der Waals surface area contributed by atoms with E-state index in [4.69, 9.17) is 23.2 Å². The van der Waals surface area contributed by atoms with Crippen LogP contribution in [0.2, 0.25) is 10.0 Å². The van der Waals surface area contributed by atoms with Gasteiger partial charge in [0.15, 0.2) is 0 Å². The van der Waals surface area contributed by atoms with Gasteiger partial charge in [-0.1, -0.05) is 29.3 Å². The molecule has 0 aliphatic carbocycles. The molecule has 1 aromatic heterocycles. The third kappa shape index (κ3) is 2.85. The van der Waals surface area contributed by atoms with Crippen molar-refractivity contribution in [3.05, 3.63) is 75.0 Å². The van der Waals surface area contributed by atoms with Gasteiger partial charge in [-0.2, -0.15) is 5.10 Å². The number of anilines is 2. The van der Waals surface area contributed by atoms with Crippen LogP contribution in [0.4, 0.5) is 11.4 Å². The van der Waals surface area contributed by atoms with Crippen molar-refractivity contribution in [1.29, 1.82) is 0 Å². The van der Waals surface area contributed by atoms with Gasteiger partial charge in [-0.05, 0) is 42.8 Å². The number of aryl methyl sites for hydroxylation is 1. The monoisotopic (exact) mass is 414 g/mol. The van der Waals surface area contributed by atoms with Gasteiger partial charge >= 0.3 is 0 Å². The number of carbonyl (C=O) groups is 3. The van der Waals surface area contributed by atoms with Crippen LogP contribution in [0.1, 0.15) is 36.8 Å². The number of aromatic nitrogens is 2. The Hall–Kier alpha value is -3.16. The van der Waals surface area contributed by atoms with E-state index in [1.807, 2.05) is 0 Å². The number of aromatic amines is 1. The first-order chi connectivity index (χ1) is 13.4. The van der Waals surface area contributed by atoms with Crippen molar-refractivity contribution in [2.75, 3.05) is 10.2 Å². The van der Waals surface area contributed by atoms with Gasteiger partial charge in [-0.3, -0.25) is 19.5 Å². The Balaban J connectivity index is 1.63. The summed E-state index contributed by atoms with van der Waals surface area (Å²) in [4.78, 5) is 38.6. The van der Waals surface area contributed by atoms with Crippen LogP contribution in [0.25, 0.3) is 0 Å². The summed E-state index contributed by atoms with van der Waals surface area (Å²) < 4.78 is 0. The molecule has 0 radical (unpaired) electrons. The highest BCUT2D eigenvalue weighted by molar-refractivity contribution is 6.44. The molecule has 3 amide bonds. The lowest BCUT2D eigenvalue weighted by Gasteiger charge is -2.16. The molecule has 28 heavy (non-hydrogen) atoms. The molecule has 2 aromatic carbocycles. The second-order valence-corrected chi connectivity index (χ2v) is 6.97. The molecule has 1 aliphatic rings. The number of hydrogen-bond donors (Lipinski definition) is 2. The molecule has 0 saturated carbocycles. The number of nitrogens with zero attached hydrogens (tertiary/aromatic N) is 2. The minimum Gasteiger partial charge on any atom is -0.321 e. The maximum Gasteiger partial charge on any atom is 0.273 e. The molecule has 0 bridgehead atoms. The minimum atomic E-state index is -0.544. The lowest BCUT2D eigenvalue weighted by Crippen LogP contribution is -2.29. The molecular weight excluding hydrogens is 403 g/mol. The summed E-state index contributed by atoms with van der Waals surface area (Å²) in [6.45, 7) is 1.75. The fraction of sp³-hybridized carbons (Fsp3) is 0.0526. The van der Waals surface area contributed by atoms with Crippen LogP contribution in [0.3, 0.4) is 0 Å². The Morgan fingerprint density at radius 3 is 2.54 bits per heavy atom. The first-order valence-corrected chi connectivity index (χ1v) is 8.92. The number of H-pyrrole nitrogens is 1. The Morgan fingerprint density at radius 1 is 1.11 bits per heavy atom. The number of hydrogen-bond acceptors (Lipinski definition) is 4. The van der Waals surface area contributed by atoms with Crippen LogP contribution >= 0.6 is 23.2 Å². The van der Waals surface area contributed by atoms with Gasteiger partial charge in [0.1, 0.15) is 5.69 Å². The van der Waals surface area contributed by atoms with Crippen LogP contribution in [-0.2, 0) is 0 Å². The zero-order valence-corrected chi connectivity index (χ0v) is 15.9. The van der Waals surface area contributed by atoms with Gasteiger partial charge in [0.2, 0.25) is 0 Å². The predicted octanol–water partition coefficient (Wildman–Crippen LogP) is 4.08. The van der Waals surface area contributed by atoms with E-state index in [9.17, 15) is 14.4 Å². The summed E-state index contributed by atoms with van der Waals surface area (Å²) in [5.74, 6) is -1.43. The summed E-state index contributed by atoms with van der Waals surface area (Å²) >= 11 is 12.4. The van der Waals surface area contributed by atoms with Crippen LogP contribution in [0, 0.1) is 6.92 Å². The smallest absolute Gasteiger partial charge is 0.273 e. The van der Waals surface area contributed by atoms with Crippen LogP contribution in [0.5, 0.6) is 0 Å². The second kappa shape index (κ2) is 6.78. The average molecular weight is 415 g/mol. The van der Waals surface area contributed by atoms with Gasteiger partial charge < -0.3 is 5.32 Å². The highest BCUT2D eigenvalue weighted by Crippen LogP contribution is 2.37. The number of nitrogens with one attached hydrogen (secondary N) is 2. The van der Waals surface area contributed by atoms with Crippen molar-refractivity contribution in [3.63, 3.8) is 0 Å². The Labute approximate surface area is 169 Å². The summed E-state index contributed by atoms with van der Waals surface area (Å²) in [7, 11) is 0. The lowest BCUT2D eigenvalue weighted by atomic mass is 10.1. The zero-order valence-electron chi connectivity index (χ0n) is 14.4. The number of halogens is 2. The van der Waals surface area contributed by atoms with Crippen molar-refractivity contribution < 1.29 is 14.4 Å². The van der Waals surface area contributed by atoms with E-state index in [2.05, 4.69) is 15.5 Å². The van der Waals surface area contributed by atoms with E-state index in [-0.39, 0.29) is 32.8 Å². The Kier molecular flexibility index (Phi) is 4.41. The van der Waals surface area contributed by atoms with E-state index in [0.717, 1.165) is 4.90 Å². The molecular formula is C19H12Cl2N4O3. The average Bonchev–Trinajstić information content (AvgIpc) is 3.18. The molecule has 0 fully saturated rings. The molecule has 9 heteroatoms. The van der Waals surface area contributed by atoms with Crippen LogP contribution < -0.4 is 10.2 Å². The van der Waals surface area contributed by atoms with Crippen molar-refractivity contribution >= 4 is 52.3 Å². The molecule has 3 aromatic rings. The molecule has 0 saturated heterocycles. The molecule has 0 unspecified atom stereocenters. The topological polar surface area (TPSA) is 95.2 Å². The van der Waals surface area contributed by atoms with Crippen molar-refractivity contribution in [1.82, 2.24) is 10.2 Å². The van der Waals surface area contributed by atoms with Gasteiger partial charge in [-0.25, -0.2) is 4.90 Å². The van der Waals surface area contributed by atoms with Gasteiger partial charge in [-0.15, -0.1) is 0 Å². The van der Waals surface area contributed by atoms with Crippen LogP contribution in [0.15, 0.2) is 42.6 Å². The standard InChI is InChI=1S/C19H12Cl2N4O3/c1-9-8-22-24-16(9)17(26)23-10-5-6-14(13(21)7-10)25-18(27)11-3-2-4-12(20)15(11)19(25)28/h2-8H,1H3,(H,22,24)(H,23,26). The molecule has 0 spiro atoms. The summed E-state index contributed by atoms with van der Waals surface area (Å²) in [5, 5.41) is 9.45. The van der Waals surface area contributed by atoms with E-state index in [1.165, 1.54) is 18.2 Å². The van der Waals surface area contributed by atoms with Gasteiger partial charge in [0.25, 0.3) is 17.7 Å². The van der Waals surface area contributed by atoms with E-state index in [1.54, 1.807) is 31.3 Å². The number of benzene rings is 2. The van der Waals surface area contributed by atoms with Crippen molar-refractivity contribution in [2.45, 2.75) is 6.92 Å². The normalized spacial score (nSPS) is 13.0. The molecule has 0 atom stereocenters. The fourth-order valence-corrected chi connectivity index (χ4v) is 3.52. The van der Waals surface area contributed by atoms with E-state index >= 15 is 0 Å². The zero-order chi connectivity index (χ0) is 20.0. The van der Waals surface area contributed by atoms with Crippen LogP contribution in [-0.4, -0.2) is 27.9 Å². The summed E-state index contributed by atoms with van der Waals surface area (Å²) in [5.41, 5.74) is 2.01. The first kappa shape index (κ1) is 18.2. The highest BCUT2D eigenvalue weighted by Gasteiger charge is 2.39. The SMILES string of the molecule is Cc1cn[nH]c1C(=O)Nc1ccc(N2C(=O)c3cccc(Cl)c3C2=O)c(Cl)c1. The summed E-state index contributed by atoms with van der Waals surface area (Å²) in [6, 6.07) is 9.20. The third-order valence-corrected chi connectivity index (χ3v) is 4.98. The number of amides is 3. The molecule has 1 aliphatic heterocycles. The predicted molar refractivity (Wildman–Crippen MR) is 105 cm³/mol. The third-order valence-electron chi connectivity index (χ3n) is 4.37. The van der Waals surface area contributed by atoms with E-state index < -0.39 is 11.8 Å². The number of imide groups is 1. The molecule has 4 rings (SSSR count). The maximum atomic E-state index is 12.7. The Bertz CT molecular complexity index is 1160. The van der Waals surface area contributed by atoms with E-state index in [0.29, 0.717) is 16.9 Å². The van der Waals surface area contributed by atoms with Gasteiger partial charge in [0, 0.05) is 5.69 Å². The molecule has 2 N–H and O–H groups in total. The molecule has 7 nitrogen and oxygen atoms in total. The fourth-order valence-electron chi connectivity index (χ4n) is 3.00. The molecule has 140 valence electrons. The highest BCUT2D eigenvalue weighted by atomic mass is 35.5.